The molecule has 2 aromatic carbocycles. The molecule has 1 amide bonds. The smallest absolute Gasteiger partial charge is 0.410 e. The van der Waals surface area contributed by atoms with Gasteiger partial charge in [-0.05, 0) is 70.2 Å². The normalized spacial score (nSPS) is 14.8. The molecule has 0 aliphatic carbocycles. The fraction of sp³-hybridized carbons (Fsp3) is 0.414. The van der Waals surface area contributed by atoms with Crippen LogP contribution in [-0.4, -0.2) is 40.0 Å². The van der Waals surface area contributed by atoms with Crippen molar-refractivity contribution >= 4 is 22.8 Å². The lowest BCUT2D eigenvalue weighted by Gasteiger charge is -2.33. The number of carbonyl (C=O) groups excluding carboxylic acids is 2. The van der Waals surface area contributed by atoms with Gasteiger partial charge in [-0.25, -0.2) is 4.79 Å². The van der Waals surface area contributed by atoms with Crippen LogP contribution in [0.1, 0.15) is 63.0 Å². The molecule has 184 valence electrons. The fourth-order valence-corrected chi connectivity index (χ4v) is 4.82. The molecule has 2 heterocycles. The molecular formula is C29H34N2O4. The Morgan fingerprint density at radius 2 is 1.60 bits per heavy atom. The number of likely N-dealkylation sites (tertiary alicyclic amines) is 1. The largest absolute Gasteiger partial charge is 0.444 e. The molecule has 0 radical (unpaired) electrons. The summed E-state index contributed by atoms with van der Waals surface area (Å²) in [6, 6.07) is 17.2. The number of aromatic nitrogens is 1. The Balaban J connectivity index is 1.72. The third-order valence-electron chi connectivity index (χ3n) is 6.53. The molecule has 1 aromatic heterocycles. The molecule has 0 N–H and O–H groups in total. The molecule has 0 unspecified atom stereocenters. The van der Waals surface area contributed by atoms with E-state index in [0.717, 1.165) is 24.0 Å². The Morgan fingerprint density at radius 1 is 0.971 bits per heavy atom. The molecule has 1 aliphatic heterocycles. The molecule has 0 atom stereocenters. The minimum absolute atomic E-state index is 0.0436. The first kappa shape index (κ1) is 24.7. The molecule has 0 saturated carbocycles. The number of amides is 1. The van der Waals surface area contributed by atoms with E-state index in [9.17, 15) is 14.4 Å². The van der Waals surface area contributed by atoms with Gasteiger partial charge in [0.05, 0.1) is 11.2 Å². The highest BCUT2D eigenvalue weighted by atomic mass is 16.6. The lowest BCUT2D eigenvalue weighted by molar-refractivity contribution is 0.0184. The molecule has 0 bridgehead atoms. The average molecular weight is 475 g/mol. The first-order valence-electron chi connectivity index (χ1n) is 12.4. The number of Topliss-reactive ketones (excluding diaryl/α,β-unsaturated/α-hetero) is 1. The summed E-state index contributed by atoms with van der Waals surface area (Å²) in [5.41, 5.74) is 2.06. The van der Waals surface area contributed by atoms with Crippen molar-refractivity contribution in [2.45, 2.75) is 59.0 Å². The first-order chi connectivity index (χ1) is 16.7. The lowest BCUT2D eigenvalue weighted by atomic mass is 9.87. The van der Waals surface area contributed by atoms with Gasteiger partial charge in [0.2, 0.25) is 0 Å². The molecule has 3 aromatic rings. The minimum Gasteiger partial charge on any atom is -0.444 e. The Kier molecular flexibility index (Phi) is 7.10. The third kappa shape index (κ3) is 5.31. The Labute approximate surface area is 206 Å². The van der Waals surface area contributed by atoms with Gasteiger partial charge >= 0.3 is 6.09 Å². The van der Waals surface area contributed by atoms with E-state index < -0.39 is 5.60 Å². The van der Waals surface area contributed by atoms with Gasteiger partial charge < -0.3 is 14.2 Å². The van der Waals surface area contributed by atoms with Gasteiger partial charge in [-0.1, -0.05) is 37.3 Å². The van der Waals surface area contributed by atoms with E-state index in [0.29, 0.717) is 42.6 Å². The van der Waals surface area contributed by atoms with Crippen molar-refractivity contribution in [1.82, 2.24) is 9.47 Å². The van der Waals surface area contributed by atoms with Crippen LogP contribution in [0.25, 0.3) is 16.6 Å². The summed E-state index contributed by atoms with van der Waals surface area (Å²) >= 11 is 0. The predicted molar refractivity (Wildman–Crippen MR) is 138 cm³/mol. The van der Waals surface area contributed by atoms with E-state index in [-0.39, 0.29) is 23.2 Å². The highest BCUT2D eigenvalue weighted by Crippen LogP contribution is 2.28. The molecule has 6 heteroatoms. The van der Waals surface area contributed by atoms with E-state index >= 15 is 0 Å². The van der Waals surface area contributed by atoms with Crippen molar-refractivity contribution in [1.29, 1.82) is 0 Å². The van der Waals surface area contributed by atoms with E-state index in [1.807, 2.05) is 86.9 Å². The molecule has 4 rings (SSSR count). The minimum atomic E-state index is -0.531. The molecule has 6 nitrogen and oxygen atoms in total. The summed E-state index contributed by atoms with van der Waals surface area (Å²) in [5, 5.41) is 0.616. The number of ether oxygens (including phenoxy) is 1. The zero-order chi connectivity index (χ0) is 25.2. The van der Waals surface area contributed by atoms with Crippen LogP contribution in [0.4, 0.5) is 4.79 Å². The third-order valence-corrected chi connectivity index (χ3v) is 6.53. The van der Waals surface area contributed by atoms with Crippen molar-refractivity contribution in [2.75, 3.05) is 13.1 Å². The standard InChI is InChI=1S/C29H34N2O4/c1-5-25(32)26-23(19-20-15-17-30(18-16-20)28(34)35-29(2,3)4)27(33)22-13-9-10-14-24(22)31(26)21-11-7-6-8-12-21/h6-14,20H,5,15-19H2,1-4H3. The predicted octanol–water partition coefficient (Wildman–Crippen LogP) is 5.77. The number of fused-ring (bicyclic) bond motifs is 1. The van der Waals surface area contributed by atoms with E-state index in [4.69, 9.17) is 4.74 Å². The number of nitrogens with zero attached hydrogens (tertiary/aromatic N) is 2. The Bertz CT molecular complexity index is 1280. The molecule has 0 spiro atoms. The number of carbonyl (C=O) groups is 2. The van der Waals surface area contributed by atoms with Crippen LogP contribution in [0.2, 0.25) is 0 Å². The number of para-hydroxylation sites is 2. The topological polar surface area (TPSA) is 68.6 Å². The summed E-state index contributed by atoms with van der Waals surface area (Å²) in [5.74, 6) is 0.160. The van der Waals surface area contributed by atoms with Gasteiger partial charge in [-0.15, -0.1) is 0 Å². The summed E-state index contributed by atoms with van der Waals surface area (Å²) < 4.78 is 7.47. The SMILES string of the molecule is CCC(=O)c1c(CC2CCN(C(=O)OC(C)(C)C)CC2)c(=O)c2ccccc2n1-c1ccccc1. The Hall–Kier alpha value is -3.41. The summed E-state index contributed by atoms with van der Waals surface area (Å²) in [4.78, 5) is 41.2. The number of benzene rings is 2. The van der Waals surface area contributed by atoms with Gasteiger partial charge in [0.25, 0.3) is 0 Å². The number of hydrogen-bond donors (Lipinski definition) is 0. The maximum atomic E-state index is 13.7. The highest BCUT2D eigenvalue weighted by Gasteiger charge is 2.29. The molecule has 1 fully saturated rings. The maximum absolute atomic E-state index is 13.7. The highest BCUT2D eigenvalue weighted by molar-refractivity contribution is 5.99. The van der Waals surface area contributed by atoms with Gasteiger partial charge in [0.1, 0.15) is 5.60 Å². The molecule has 1 saturated heterocycles. The van der Waals surface area contributed by atoms with E-state index in [2.05, 4.69) is 0 Å². The van der Waals surface area contributed by atoms with Gasteiger partial charge in [-0.3, -0.25) is 9.59 Å². The molecule has 1 aliphatic rings. The van der Waals surface area contributed by atoms with Crippen LogP contribution in [0.3, 0.4) is 0 Å². The van der Waals surface area contributed by atoms with E-state index in [1.54, 1.807) is 4.90 Å². The van der Waals surface area contributed by atoms with Crippen molar-refractivity contribution in [3.8, 4) is 5.69 Å². The van der Waals surface area contributed by atoms with Crippen molar-refractivity contribution in [3.05, 3.63) is 76.1 Å². The monoisotopic (exact) mass is 474 g/mol. The molecular weight excluding hydrogens is 440 g/mol. The summed E-state index contributed by atoms with van der Waals surface area (Å²) in [6.07, 6.45) is 2.05. The number of piperidine rings is 1. The van der Waals surface area contributed by atoms with Crippen molar-refractivity contribution < 1.29 is 14.3 Å². The zero-order valence-corrected chi connectivity index (χ0v) is 21.0. The van der Waals surface area contributed by atoms with Crippen LogP contribution in [0, 0.1) is 5.92 Å². The zero-order valence-electron chi connectivity index (χ0n) is 21.0. The van der Waals surface area contributed by atoms with Gasteiger partial charge in [0.15, 0.2) is 11.2 Å². The van der Waals surface area contributed by atoms with Crippen LogP contribution >= 0.6 is 0 Å². The summed E-state index contributed by atoms with van der Waals surface area (Å²) in [6.45, 7) is 8.58. The summed E-state index contributed by atoms with van der Waals surface area (Å²) in [7, 11) is 0. The quantitative estimate of drug-likeness (QED) is 0.440. The van der Waals surface area contributed by atoms with Crippen molar-refractivity contribution in [2.24, 2.45) is 5.92 Å². The number of hydrogen-bond acceptors (Lipinski definition) is 4. The van der Waals surface area contributed by atoms with Gasteiger partial charge in [-0.2, -0.15) is 0 Å². The second kappa shape index (κ2) is 10.1. The molecule has 35 heavy (non-hydrogen) atoms. The second-order valence-electron chi connectivity index (χ2n) is 10.2. The number of pyridine rings is 1. The van der Waals surface area contributed by atoms with E-state index in [1.165, 1.54) is 0 Å². The van der Waals surface area contributed by atoms with Crippen LogP contribution < -0.4 is 5.43 Å². The Morgan fingerprint density at radius 3 is 2.23 bits per heavy atom. The van der Waals surface area contributed by atoms with Crippen LogP contribution in [-0.2, 0) is 11.2 Å². The number of rotatable bonds is 5. The maximum Gasteiger partial charge on any atom is 0.410 e. The van der Waals surface area contributed by atoms with Crippen LogP contribution in [0.15, 0.2) is 59.4 Å². The van der Waals surface area contributed by atoms with Crippen LogP contribution in [0.5, 0.6) is 0 Å². The first-order valence-corrected chi connectivity index (χ1v) is 12.4. The number of ketones is 1. The average Bonchev–Trinajstić information content (AvgIpc) is 2.85. The van der Waals surface area contributed by atoms with Crippen molar-refractivity contribution in [3.63, 3.8) is 0 Å². The second-order valence-corrected chi connectivity index (χ2v) is 10.2. The lowest BCUT2D eigenvalue weighted by Crippen LogP contribution is -2.42. The fourth-order valence-electron chi connectivity index (χ4n) is 4.82. The van der Waals surface area contributed by atoms with Gasteiger partial charge in [0, 0.05) is 36.1 Å².